The average Bonchev–Trinajstić information content (AvgIpc) is 2.91. The van der Waals surface area contributed by atoms with Gasteiger partial charge in [0.2, 0.25) is 11.8 Å². The second-order valence-electron chi connectivity index (χ2n) is 9.74. The fourth-order valence-corrected chi connectivity index (χ4v) is 5.53. The predicted molar refractivity (Wildman–Crippen MR) is 156 cm³/mol. The molecule has 39 heavy (non-hydrogen) atoms. The van der Waals surface area contributed by atoms with Crippen molar-refractivity contribution in [3.8, 4) is 0 Å². The Morgan fingerprint density at radius 3 is 2.13 bits per heavy atom. The number of sulfonamides is 1. The number of rotatable bonds is 11. The lowest BCUT2D eigenvalue weighted by atomic mass is 10.1. The van der Waals surface area contributed by atoms with E-state index in [1.807, 2.05) is 52.0 Å². The highest BCUT2D eigenvalue weighted by Crippen LogP contribution is 2.26. The number of carbonyl (C=O) groups is 2. The molecule has 0 aliphatic rings. The van der Waals surface area contributed by atoms with Crippen molar-refractivity contribution in [2.24, 2.45) is 0 Å². The van der Waals surface area contributed by atoms with E-state index in [2.05, 4.69) is 5.32 Å². The van der Waals surface area contributed by atoms with Crippen LogP contribution < -0.4 is 9.62 Å². The van der Waals surface area contributed by atoms with E-state index in [4.69, 9.17) is 11.6 Å². The van der Waals surface area contributed by atoms with Crippen LogP contribution in [0.4, 0.5) is 5.69 Å². The summed E-state index contributed by atoms with van der Waals surface area (Å²) in [6, 6.07) is 19.4. The van der Waals surface area contributed by atoms with Gasteiger partial charge in [-0.15, -0.1) is 0 Å². The number of hydrogen-bond acceptors (Lipinski definition) is 4. The van der Waals surface area contributed by atoms with Crippen LogP contribution in [0.15, 0.2) is 77.7 Å². The van der Waals surface area contributed by atoms with Gasteiger partial charge in [-0.2, -0.15) is 0 Å². The zero-order valence-electron chi connectivity index (χ0n) is 23.0. The van der Waals surface area contributed by atoms with Crippen molar-refractivity contribution in [3.05, 3.63) is 94.5 Å². The maximum atomic E-state index is 14.0. The first kappa shape index (κ1) is 30.2. The Bertz CT molecular complexity index is 1390. The predicted octanol–water partition coefficient (Wildman–Crippen LogP) is 5.48. The summed E-state index contributed by atoms with van der Waals surface area (Å²) in [5, 5.41) is 3.38. The molecule has 0 bridgehead atoms. The Morgan fingerprint density at radius 2 is 1.54 bits per heavy atom. The van der Waals surface area contributed by atoms with Crippen LogP contribution in [0.3, 0.4) is 0 Å². The van der Waals surface area contributed by atoms with Gasteiger partial charge in [-0.25, -0.2) is 8.42 Å². The van der Waals surface area contributed by atoms with Gasteiger partial charge in [0.15, 0.2) is 0 Å². The number of carbonyl (C=O) groups excluding carboxylic acids is 2. The van der Waals surface area contributed by atoms with Gasteiger partial charge < -0.3 is 10.2 Å². The largest absolute Gasteiger partial charge is 0.352 e. The minimum absolute atomic E-state index is 0.0591. The van der Waals surface area contributed by atoms with Crippen molar-refractivity contribution in [1.82, 2.24) is 10.2 Å². The van der Waals surface area contributed by atoms with E-state index in [0.717, 1.165) is 27.4 Å². The first-order chi connectivity index (χ1) is 18.4. The van der Waals surface area contributed by atoms with Crippen molar-refractivity contribution in [1.29, 1.82) is 0 Å². The Labute approximate surface area is 236 Å². The smallest absolute Gasteiger partial charge is 0.264 e. The maximum Gasteiger partial charge on any atom is 0.264 e. The molecule has 0 fully saturated rings. The fraction of sp³-hybridized carbons (Fsp3) is 0.333. The molecule has 3 aromatic rings. The minimum Gasteiger partial charge on any atom is -0.352 e. The maximum absolute atomic E-state index is 14.0. The van der Waals surface area contributed by atoms with Crippen LogP contribution in [0, 0.1) is 13.8 Å². The van der Waals surface area contributed by atoms with Gasteiger partial charge in [0.25, 0.3) is 10.0 Å². The van der Waals surface area contributed by atoms with E-state index in [1.165, 1.54) is 17.0 Å². The van der Waals surface area contributed by atoms with Crippen molar-refractivity contribution in [2.75, 3.05) is 10.8 Å². The number of benzene rings is 3. The SMILES string of the molecule is CC[C@H](C)NC(=O)[C@@H](C)N(Cc1ccccc1C)C(=O)CN(c1ccc(Cl)cc1)S(=O)(=O)c1ccc(C)cc1. The highest BCUT2D eigenvalue weighted by Gasteiger charge is 2.33. The summed E-state index contributed by atoms with van der Waals surface area (Å²) in [5.41, 5.74) is 3.04. The first-order valence-corrected chi connectivity index (χ1v) is 14.7. The molecule has 3 aromatic carbocycles. The summed E-state index contributed by atoms with van der Waals surface area (Å²) in [4.78, 5) is 28.6. The molecular weight excluding hydrogens is 534 g/mol. The molecule has 0 heterocycles. The quantitative estimate of drug-likeness (QED) is 0.331. The van der Waals surface area contributed by atoms with Gasteiger partial charge in [0.05, 0.1) is 10.6 Å². The third-order valence-corrected chi connectivity index (χ3v) is 8.81. The van der Waals surface area contributed by atoms with Crippen LogP contribution in [0.25, 0.3) is 0 Å². The lowest BCUT2D eigenvalue weighted by Crippen LogP contribution is -2.52. The molecule has 0 spiro atoms. The molecule has 9 heteroatoms. The summed E-state index contributed by atoms with van der Waals surface area (Å²) < 4.78 is 28.7. The van der Waals surface area contributed by atoms with Crippen molar-refractivity contribution >= 4 is 39.1 Å². The van der Waals surface area contributed by atoms with E-state index >= 15 is 0 Å². The summed E-state index contributed by atoms with van der Waals surface area (Å²) in [5.74, 6) is -0.804. The van der Waals surface area contributed by atoms with Gasteiger partial charge in [0.1, 0.15) is 12.6 Å². The number of nitrogens with one attached hydrogen (secondary N) is 1. The molecule has 0 saturated heterocycles. The molecule has 3 rings (SSSR count). The molecule has 0 aliphatic carbocycles. The first-order valence-electron chi connectivity index (χ1n) is 12.9. The zero-order chi connectivity index (χ0) is 28.7. The molecule has 0 radical (unpaired) electrons. The Hall–Kier alpha value is -3.36. The number of hydrogen-bond donors (Lipinski definition) is 1. The normalized spacial score (nSPS) is 12.9. The highest BCUT2D eigenvalue weighted by atomic mass is 35.5. The molecule has 2 atom stereocenters. The number of aryl methyl sites for hydroxylation is 2. The number of halogens is 1. The molecule has 1 N–H and O–H groups in total. The highest BCUT2D eigenvalue weighted by molar-refractivity contribution is 7.92. The second kappa shape index (κ2) is 13.1. The number of anilines is 1. The minimum atomic E-state index is -4.12. The van der Waals surface area contributed by atoms with E-state index in [9.17, 15) is 18.0 Å². The molecule has 2 amide bonds. The lowest BCUT2D eigenvalue weighted by molar-refractivity contribution is -0.139. The molecule has 7 nitrogen and oxygen atoms in total. The standard InChI is InChI=1S/C30H36ClN3O4S/c1-6-23(4)32-30(36)24(5)33(19-25-10-8-7-9-22(25)3)29(35)20-34(27-15-13-26(31)14-16-27)39(37,38)28-17-11-21(2)12-18-28/h7-18,23-24H,6,19-20H2,1-5H3,(H,32,36)/t23-,24+/m0/s1. The summed E-state index contributed by atoms with van der Waals surface area (Å²) in [7, 11) is -4.12. The van der Waals surface area contributed by atoms with Crippen molar-refractivity contribution < 1.29 is 18.0 Å². The lowest BCUT2D eigenvalue weighted by Gasteiger charge is -2.32. The Morgan fingerprint density at radius 1 is 0.923 bits per heavy atom. The van der Waals surface area contributed by atoms with Gasteiger partial charge in [0, 0.05) is 17.6 Å². The Balaban J connectivity index is 2.03. The van der Waals surface area contributed by atoms with Gasteiger partial charge in [-0.1, -0.05) is 60.5 Å². The monoisotopic (exact) mass is 569 g/mol. The second-order valence-corrected chi connectivity index (χ2v) is 12.0. The third-order valence-electron chi connectivity index (χ3n) is 6.77. The third kappa shape index (κ3) is 7.61. The van der Waals surface area contributed by atoms with Crippen molar-refractivity contribution in [2.45, 2.75) is 64.6 Å². The molecular formula is C30H36ClN3O4S. The topological polar surface area (TPSA) is 86.8 Å². The average molecular weight is 570 g/mol. The van der Waals surface area contributed by atoms with Gasteiger partial charge >= 0.3 is 0 Å². The van der Waals surface area contributed by atoms with E-state index in [-0.39, 0.29) is 23.4 Å². The molecule has 0 aliphatic heterocycles. The van der Waals surface area contributed by atoms with Crippen molar-refractivity contribution in [3.63, 3.8) is 0 Å². The van der Waals surface area contributed by atoms with Crippen LogP contribution in [0.2, 0.25) is 5.02 Å². The Kier molecular flexibility index (Phi) is 10.2. The fourth-order valence-electron chi connectivity index (χ4n) is 3.99. The number of nitrogens with zero attached hydrogens (tertiary/aromatic N) is 2. The molecule has 0 unspecified atom stereocenters. The van der Waals surface area contributed by atoms with Gasteiger partial charge in [-0.3, -0.25) is 13.9 Å². The van der Waals surface area contributed by atoms with E-state index in [1.54, 1.807) is 43.3 Å². The summed E-state index contributed by atoms with van der Waals surface area (Å²) in [6.07, 6.45) is 0.739. The van der Waals surface area contributed by atoms with Gasteiger partial charge in [-0.05, 0) is 81.6 Å². The van der Waals surface area contributed by atoms with Crippen LogP contribution >= 0.6 is 11.6 Å². The number of amides is 2. The van der Waals surface area contributed by atoms with E-state index < -0.39 is 28.5 Å². The van der Waals surface area contributed by atoms with Crippen LogP contribution in [0.5, 0.6) is 0 Å². The summed E-state index contributed by atoms with van der Waals surface area (Å²) in [6.45, 7) is 8.98. The summed E-state index contributed by atoms with van der Waals surface area (Å²) >= 11 is 6.07. The van der Waals surface area contributed by atoms with Crippen LogP contribution in [-0.4, -0.2) is 43.8 Å². The molecule has 0 saturated carbocycles. The molecule has 0 aromatic heterocycles. The van der Waals surface area contributed by atoms with Crippen LogP contribution in [-0.2, 0) is 26.2 Å². The van der Waals surface area contributed by atoms with Crippen LogP contribution in [0.1, 0.15) is 43.9 Å². The molecule has 208 valence electrons. The zero-order valence-corrected chi connectivity index (χ0v) is 24.6. The van der Waals surface area contributed by atoms with E-state index in [0.29, 0.717) is 10.7 Å².